The molecule has 0 fully saturated rings. The smallest absolute Gasteiger partial charge is 0.274 e. The van der Waals surface area contributed by atoms with Crippen LogP contribution in [0.25, 0.3) is 5.69 Å². The highest BCUT2D eigenvalue weighted by Crippen LogP contribution is 2.23. The van der Waals surface area contributed by atoms with Crippen molar-refractivity contribution < 1.29 is 22.3 Å². The zero-order valence-electron chi connectivity index (χ0n) is 17.7. The summed E-state index contributed by atoms with van der Waals surface area (Å²) in [5.41, 5.74) is 1.26. The van der Waals surface area contributed by atoms with Gasteiger partial charge >= 0.3 is 0 Å². The topological polar surface area (TPSA) is 102 Å². The Morgan fingerprint density at radius 3 is 2.44 bits per heavy atom. The molecular weight excluding hydrogens is 455 g/mol. The van der Waals surface area contributed by atoms with Crippen LogP contribution in [0.4, 0.5) is 10.1 Å². The Morgan fingerprint density at radius 2 is 1.84 bits per heavy atom. The number of sulfonamides is 1. The quantitative estimate of drug-likeness (QED) is 0.458. The summed E-state index contributed by atoms with van der Waals surface area (Å²) in [5, 5.41) is 3.31. The van der Waals surface area contributed by atoms with Crippen LogP contribution >= 0.6 is 11.8 Å². The predicted octanol–water partition coefficient (Wildman–Crippen LogP) is 3.30. The van der Waals surface area contributed by atoms with E-state index in [4.69, 9.17) is 4.74 Å². The van der Waals surface area contributed by atoms with Crippen LogP contribution in [0.1, 0.15) is 17.4 Å². The van der Waals surface area contributed by atoms with Crippen LogP contribution in [-0.4, -0.2) is 49.9 Å². The number of rotatable bonds is 9. The monoisotopic (exact) mass is 478 g/mol. The van der Waals surface area contributed by atoms with E-state index in [9.17, 15) is 17.6 Å². The lowest BCUT2D eigenvalue weighted by molar-refractivity contribution is 0.102. The van der Waals surface area contributed by atoms with E-state index in [1.54, 1.807) is 23.6 Å². The number of benzene rings is 2. The molecule has 32 heavy (non-hydrogen) atoms. The number of carbonyl (C=O) groups excluding carboxylic acids is 1. The second kappa shape index (κ2) is 10.3. The summed E-state index contributed by atoms with van der Waals surface area (Å²) in [6, 6.07) is 11.2. The van der Waals surface area contributed by atoms with Crippen LogP contribution in [0.2, 0.25) is 0 Å². The fraction of sp³-hybridized carbons (Fsp3) is 0.238. The van der Waals surface area contributed by atoms with E-state index < -0.39 is 15.9 Å². The third kappa shape index (κ3) is 5.54. The van der Waals surface area contributed by atoms with Gasteiger partial charge in [-0.1, -0.05) is 11.8 Å². The first kappa shape index (κ1) is 23.9. The zero-order valence-corrected chi connectivity index (χ0v) is 19.3. The maximum absolute atomic E-state index is 13.3. The van der Waals surface area contributed by atoms with Gasteiger partial charge in [-0.15, -0.1) is 0 Å². The van der Waals surface area contributed by atoms with Gasteiger partial charge in [0.05, 0.1) is 17.7 Å². The second-order valence-electron chi connectivity index (χ2n) is 6.90. The summed E-state index contributed by atoms with van der Waals surface area (Å²) < 4.78 is 47.3. The molecule has 0 spiro atoms. The van der Waals surface area contributed by atoms with Gasteiger partial charge in [-0.2, -0.15) is 0 Å². The molecule has 0 radical (unpaired) electrons. The molecule has 1 aromatic heterocycles. The van der Waals surface area contributed by atoms with Crippen molar-refractivity contribution in [2.45, 2.75) is 23.0 Å². The number of ether oxygens (including phenoxy) is 1. The van der Waals surface area contributed by atoms with Crippen LogP contribution in [0.5, 0.6) is 0 Å². The highest BCUT2D eigenvalue weighted by atomic mass is 32.2. The number of thioether (sulfide) groups is 1. The molecule has 170 valence electrons. The number of halogens is 1. The summed E-state index contributed by atoms with van der Waals surface area (Å²) >= 11 is 1.35. The van der Waals surface area contributed by atoms with E-state index in [0.717, 1.165) is 0 Å². The Bertz CT molecular complexity index is 1180. The molecule has 8 nitrogen and oxygen atoms in total. The predicted molar refractivity (Wildman–Crippen MR) is 121 cm³/mol. The lowest BCUT2D eigenvalue weighted by Gasteiger charge is -2.14. The summed E-state index contributed by atoms with van der Waals surface area (Å²) in [6.45, 7) is 1.94. The van der Waals surface area contributed by atoms with Crippen molar-refractivity contribution >= 4 is 33.4 Å². The summed E-state index contributed by atoms with van der Waals surface area (Å²) in [5.74, 6) is -0.823. The van der Waals surface area contributed by atoms with Gasteiger partial charge in [0.15, 0.2) is 5.16 Å². The van der Waals surface area contributed by atoms with Gasteiger partial charge in [0, 0.05) is 24.5 Å². The Balaban J connectivity index is 1.80. The van der Waals surface area contributed by atoms with Crippen molar-refractivity contribution in [1.29, 1.82) is 0 Å². The molecule has 11 heteroatoms. The van der Waals surface area contributed by atoms with E-state index in [-0.39, 0.29) is 29.1 Å². The molecule has 0 saturated carbocycles. The van der Waals surface area contributed by atoms with Gasteiger partial charge in [0.1, 0.15) is 11.5 Å². The number of aromatic nitrogens is 2. The average molecular weight is 479 g/mol. The molecule has 0 aliphatic carbocycles. The number of hydrogen-bond donors (Lipinski definition) is 2. The molecule has 3 aromatic rings. The maximum Gasteiger partial charge on any atom is 0.274 e. The molecule has 2 aromatic carbocycles. The van der Waals surface area contributed by atoms with E-state index in [2.05, 4.69) is 15.0 Å². The minimum absolute atomic E-state index is 0.0690. The van der Waals surface area contributed by atoms with Crippen molar-refractivity contribution in [3.05, 3.63) is 66.2 Å². The van der Waals surface area contributed by atoms with Crippen LogP contribution in [0, 0.1) is 5.82 Å². The van der Waals surface area contributed by atoms with Gasteiger partial charge in [0.25, 0.3) is 5.91 Å². The summed E-state index contributed by atoms with van der Waals surface area (Å²) in [6.07, 6.45) is 3.26. The van der Waals surface area contributed by atoms with Crippen LogP contribution in [0.15, 0.2) is 64.8 Å². The van der Waals surface area contributed by atoms with Crippen LogP contribution < -0.4 is 10.0 Å². The first-order valence-corrected chi connectivity index (χ1v) is 12.3. The first-order valence-electron chi connectivity index (χ1n) is 9.55. The molecule has 0 saturated heterocycles. The number of anilines is 1. The first-order chi connectivity index (χ1) is 15.2. The summed E-state index contributed by atoms with van der Waals surface area (Å²) in [7, 11) is -2.22. The molecule has 1 heterocycles. The summed E-state index contributed by atoms with van der Waals surface area (Å²) in [4.78, 5) is 17.2. The molecular formula is C21H23FN4O4S2. The van der Waals surface area contributed by atoms with Crippen molar-refractivity contribution in [3.63, 3.8) is 0 Å². The SMILES string of the molecule is COCC(C)NS(=O)(=O)c1ccc(NC(=O)c2cnc(SC)n2-c2ccc(F)cc2)cc1. The molecule has 1 amide bonds. The normalized spacial score (nSPS) is 12.5. The Morgan fingerprint density at radius 1 is 1.19 bits per heavy atom. The molecule has 0 aliphatic rings. The van der Waals surface area contributed by atoms with E-state index >= 15 is 0 Å². The highest BCUT2D eigenvalue weighted by molar-refractivity contribution is 7.98. The number of carbonyl (C=O) groups is 1. The molecule has 2 N–H and O–H groups in total. The number of amides is 1. The van der Waals surface area contributed by atoms with Crippen LogP contribution in [-0.2, 0) is 14.8 Å². The lowest BCUT2D eigenvalue weighted by Crippen LogP contribution is -2.35. The van der Waals surface area contributed by atoms with Gasteiger partial charge in [-0.3, -0.25) is 9.36 Å². The molecule has 1 atom stereocenters. The average Bonchev–Trinajstić information content (AvgIpc) is 3.19. The van der Waals surface area contributed by atoms with E-state index in [1.165, 1.54) is 61.5 Å². The van der Waals surface area contributed by atoms with Gasteiger partial charge in [-0.25, -0.2) is 22.5 Å². The maximum atomic E-state index is 13.3. The Kier molecular flexibility index (Phi) is 7.67. The fourth-order valence-electron chi connectivity index (χ4n) is 3.01. The van der Waals surface area contributed by atoms with Crippen molar-refractivity contribution in [2.75, 3.05) is 25.3 Å². The van der Waals surface area contributed by atoms with Crippen molar-refractivity contribution in [2.24, 2.45) is 0 Å². The highest BCUT2D eigenvalue weighted by Gasteiger charge is 2.20. The van der Waals surface area contributed by atoms with Crippen molar-refractivity contribution in [1.82, 2.24) is 14.3 Å². The minimum atomic E-state index is -3.72. The molecule has 3 rings (SSSR count). The van der Waals surface area contributed by atoms with Gasteiger partial charge in [-0.05, 0) is 61.7 Å². The number of nitrogens with zero attached hydrogens (tertiary/aromatic N) is 2. The Labute approximate surface area is 190 Å². The number of nitrogens with one attached hydrogen (secondary N) is 2. The number of methoxy groups -OCH3 is 1. The number of imidazole rings is 1. The largest absolute Gasteiger partial charge is 0.383 e. The third-order valence-corrected chi connectivity index (χ3v) is 6.68. The Hall–Kier alpha value is -2.73. The van der Waals surface area contributed by atoms with Gasteiger partial charge < -0.3 is 10.1 Å². The fourth-order valence-corrected chi connectivity index (χ4v) is 4.78. The van der Waals surface area contributed by atoms with Crippen molar-refractivity contribution in [3.8, 4) is 5.69 Å². The van der Waals surface area contributed by atoms with E-state index in [0.29, 0.717) is 16.5 Å². The second-order valence-corrected chi connectivity index (χ2v) is 9.39. The van der Waals surface area contributed by atoms with Crippen LogP contribution in [0.3, 0.4) is 0 Å². The standard InChI is InChI=1S/C21H23FN4O4S2/c1-14(13-30-2)25-32(28,29)18-10-6-16(7-11-18)24-20(27)19-12-23-21(31-3)26(19)17-8-4-15(22)5-9-17/h4-12,14,25H,13H2,1-3H3,(H,24,27). The molecule has 1 unspecified atom stereocenters. The zero-order chi connectivity index (χ0) is 23.3. The number of hydrogen-bond acceptors (Lipinski definition) is 6. The van der Waals surface area contributed by atoms with Gasteiger partial charge in [0.2, 0.25) is 10.0 Å². The van der Waals surface area contributed by atoms with E-state index in [1.807, 2.05) is 6.26 Å². The lowest BCUT2D eigenvalue weighted by atomic mass is 10.3. The molecule has 0 bridgehead atoms. The third-order valence-electron chi connectivity index (χ3n) is 4.42. The minimum Gasteiger partial charge on any atom is -0.383 e. The molecule has 0 aliphatic heterocycles.